The van der Waals surface area contributed by atoms with E-state index in [9.17, 15) is 8.42 Å². The zero-order chi connectivity index (χ0) is 15.0. The van der Waals surface area contributed by atoms with Gasteiger partial charge in [-0.05, 0) is 43.4 Å². The van der Waals surface area contributed by atoms with Gasteiger partial charge in [0.2, 0.25) is 10.0 Å². The number of nitrogens with zero attached hydrogens (tertiary/aromatic N) is 1. The second-order valence-corrected chi connectivity index (χ2v) is 9.60. The summed E-state index contributed by atoms with van der Waals surface area (Å²) in [5.74, 6) is 0.673. The summed E-state index contributed by atoms with van der Waals surface area (Å²) in [5.41, 5.74) is 0.461. The molecule has 3 atom stereocenters. The summed E-state index contributed by atoms with van der Waals surface area (Å²) in [7, 11) is -3.04. The van der Waals surface area contributed by atoms with Gasteiger partial charge < -0.3 is 5.32 Å². The van der Waals surface area contributed by atoms with Crippen LogP contribution in [-0.4, -0.2) is 44.2 Å². The number of hydrogen-bond donors (Lipinski definition) is 1. The van der Waals surface area contributed by atoms with E-state index in [4.69, 9.17) is 0 Å². The Kier molecular flexibility index (Phi) is 4.82. The fraction of sp³-hybridized carbons (Fsp3) is 1.00. The first kappa shape index (κ1) is 16.2. The van der Waals surface area contributed by atoms with E-state index in [2.05, 4.69) is 26.1 Å². The van der Waals surface area contributed by atoms with Gasteiger partial charge >= 0.3 is 0 Å². The Hall–Kier alpha value is -0.130. The first-order valence-corrected chi connectivity index (χ1v) is 9.73. The molecule has 0 unspecified atom stereocenters. The molecule has 118 valence electrons. The normalized spacial score (nSPS) is 35.9. The molecule has 1 saturated carbocycles. The maximum Gasteiger partial charge on any atom is 0.211 e. The maximum absolute atomic E-state index is 11.7. The number of rotatable bonds is 3. The largest absolute Gasteiger partial charge is 0.310 e. The van der Waals surface area contributed by atoms with Crippen molar-refractivity contribution in [3.63, 3.8) is 0 Å². The molecule has 1 aliphatic heterocycles. The predicted molar refractivity (Wildman–Crippen MR) is 83.2 cm³/mol. The van der Waals surface area contributed by atoms with Crippen LogP contribution in [0, 0.1) is 11.3 Å². The van der Waals surface area contributed by atoms with Crippen molar-refractivity contribution in [2.45, 2.75) is 65.0 Å². The van der Waals surface area contributed by atoms with Crippen molar-refractivity contribution >= 4 is 10.0 Å². The van der Waals surface area contributed by atoms with Crippen molar-refractivity contribution < 1.29 is 8.42 Å². The number of piperidine rings is 1. The minimum Gasteiger partial charge on any atom is -0.310 e. The van der Waals surface area contributed by atoms with Gasteiger partial charge in [-0.1, -0.05) is 20.8 Å². The average molecular weight is 302 g/mol. The van der Waals surface area contributed by atoms with Crippen LogP contribution in [0.4, 0.5) is 0 Å². The molecule has 1 saturated heterocycles. The molecule has 0 aromatic carbocycles. The standard InChI is InChI=1S/C15H30N2O2S/c1-12-10-15(2,3)8-7-14(12)16-13-6-5-9-17(11-13)20(4,18)19/h12-14,16H,5-11H2,1-4H3/t12-,13+,14+/m1/s1. The lowest BCUT2D eigenvalue weighted by Gasteiger charge is -2.42. The maximum atomic E-state index is 11.7. The van der Waals surface area contributed by atoms with Crippen LogP contribution >= 0.6 is 0 Å². The molecule has 0 aromatic rings. The van der Waals surface area contributed by atoms with Gasteiger partial charge in [-0.25, -0.2) is 12.7 Å². The minimum atomic E-state index is -3.04. The van der Waals surface area contributed by atoms with Crippen molar-refractivity contribution in [3.8, 4) is 0 Å². The fourth-order valence-electron chi connectivity index (χ4n) is 3.88. The van der Waals surface area contributed by atoms with Gasteiger partial charge in [0.1, 0.15) is 0 Å². The molecule has 0 amide bonds. The Morgan fingerprint density at radius 3 is 2.55 bits per heavy atom. The van der Waals surface area contributed by atoms with E-state index >= 15 is 0 Å². The molecule has 4 nitrogen and oxygen atoms in total. The molecule has 0 aromatic heterocycles. The highest BCUT2D eigenvalue weighted by Gasteiger charge is 2.34. The predicted octanol–water partition coefficient (Wildman–Crippen LogP) is 2.21. The highest BCUT2D eigenvalue weighted by molar-refractivity contribution is 7.88. The SMILES string of the molecule is C[C@@H]1CC(C)(C)CC[C@@H]1N[C@H]1CCCN(S(C)(=O)=O)C1. The molecule has 0 radical (unpaired) electrons. The van der Waals surface area contributed by atoms with E-state index < -0.39 is 10.0 Å². The zero-order valence-corrected chi connectivity index (χ0v) is 14.2. The number of sulfonamides is 1. The second-order valence-electron chi connectivity index (χ2n) is 7.62. The Bertz CT molecular complexity index is 433. The molecule has 20 heavy (non-hydrogen) atoms. The Balaban J connectivity index is 1.90. The van der Waals surface area contributed by atoms with Crippen molar-refractivity contribution in [2.24, 2.45) is 11.3 Å². The van der Waals surface area contributed by atoms with Crippen molar-refractivity contribution in [1.29, 1.82) is 0 Å². The van der Waals surface area contributed by atoms with Gasteiger partial charge in [-0.2, -0.15) is 0 Å². The van der Waals surface area contributed by atoms with E-state index in [0.717, 1.165) is 12.8 Å². The quantitative estimate of drug-likeness (QED) is 0.869. The minimum absolute atomic E-state index is 0.326. The summed E-state index contributed by atoms with van der Waals surface area (Å²) in [6, 6.07) is 0.875. The lowest BCUT2D eigenvalue weighted by Crippen LogP contribution is -2.53. The molecule has 1 heterocycles. The van der Waals surface area contributed by atoms with E-state index in [1.165, 1.54) is 25.5 Å². The smallest absolute Gasteiger partial charge is 0.211 e. The highest BCUT2D eigenvalue weighted by Crippen LogP contribution is 2.38. The molecule has 2 rings (SSSR count). The van der Waals surface area contributed by atoms with Gasteiger partial charge in [-0.15, -0.1) is 0 Å². The first-order valence-electron chi connectivity index (χ1n) is 7.88. The summed E-state index contributed by atoms with van der Waals surface area (Å²) >= 11 is 0. The third-order valence-corrected chi connectivity index (χ3v) is 6.27. The molecule has 0 bridgehead atoms. The van der Waals surface area contributed by atoms with Gasteiger partial charge in [0.25, 0.3) is 0 Å². The van der Waals surface area contributed by atoms with Crippen molar-refractivity contribution in [2.75, 3.05) is 19.3 Å². The molecular formula is C15H30N2O2S. The van der Waals surface area contributed by atoms with Crippen LogP contribution in [0.5, 0.6) is 0 Å². The summed E-state index contributed by atoms with van der Waals surface area (Å²) in [5, 5.41) is 3.74. The third-order valence-electron chi connectivity index (χ3n) is 5.00. The lowest BCUT2D eigenvalue weighted by molar-refractivity contribution is 0.132. The summed E-state index contributed by atoms with van der Waals surface area (Å²) in [4.78, 5) is 0. The monoisotopic (exact) mass is 302 g/mol. The van der Waals surface area contributed by atoms with Crippen LogP contribution in [0.1, 0.15) is 52.9 Å². The summed E-state index contributed by atoms with van der Waals surface area (Å²) in [6.07, 6.45) is 7.12. The van der Waals surface area contributed by atoms with Crippen LogP contribution in [0.3, 0.4) is 0 Å². The number of nitrogens with one attached hydrogen (secondary N) is 1. The number of hydrogen-bond acceptors (Lipinski definition) is 3. The Morgan fingerprint density at radius 1 is 1.25 bits per heavy atom. The fourth-order valence-corrected chi connectivity index (χ4v) is 4.79. The van der Waals surface area contributed by atoms with E-state index in [1.807, 2.05) is 0 Å². The van der Waals surface area contributed by atoms with Crippen LogP contribution in [-0.2, 0) is 10.0 Å². The van der Waals surface area contributed by atoms with Crippen molar-refractivity contribution in [3.05, 3.63) is 0 Å². The first-order chi connectivity index (χ1) is 9.17. The van der Waals surface area contributed by atoms with Gasteiger partial charge in [-0.3, -0.25) is 0 Å². The lowest BCUT2D eigenvalue weighted by atomic mass is 9.70. The Morgan fingerprint density at radius 2 is 1.95 bits per heavy atom. The second kappa shape index (κ2) is 5.93. The van der Waals surface area contributed by atoms with Gasteiger partial charge in [0, 0.05) is 25.2 Å². The van der Waals surface area contributed by atoms with Crippen LogP contribution in [0.25, 0.3) is 0 Å². The topological polar surface area (TPSA) is 49.4 Å². The third kappa shape index (κ3) is 4.18. The Labute approximate surface area is 124 Å². The van der Waals surface area contributed by atoms with Gasteiger partial charge in [0.05, 0.1) is 6.26 Å². The van der Waals surface area contributed by atoms with Crippen LogP contribution in [0.15, 0.2) is 0 Å². The molecule has 0 spiro atoms. The summed E-state index contributed by atoms with van der Waals surface area (Å²) < 4.78 is 25.0. The van der Waals surface area contributed by atoms with Crippen molar-refractivity contribution in [1.82, 2.24) is 9.62 Å². The van der Waals surface area contributed by atoms with Crippen LogP contribution in [0.2, 0.25) is 0 Å². The van der Waals surface area contributed by atoms with E-state index in [0.29, 0.717) is 36.5 Å². The highest BCUT2D eigenvalue weighted by atomic mass is 32.2. The zero-order valence-electron chi connectivity index (χ0n) is 13.4. The summed E-state index contributed by atoms with van der Waals surface area (Å²) in [6.45, 7) is 8.36. The van der Waals surface area contributed by atoms with Gasteiger partial charge in [0.15, 0.2) is 0 Å². The molecule has 2 fully saturated rings. The van der Waals surface area contributed by atoms with E-state index in [1.54, 1.807) is 4.31 Å². The molecular weight excluding hydrogens is 272 g/mol. The molecule has 1 aliphatic carbocycles. The molecule has 2 aliphatic rings. The van der Waals surface area contributed by atoms with Crippen LogP contribution < -0.4 is 5.32 Å². The van der Waals surface area contributed by atoms with E-state index in [-0.39, 0.29) is 0 Å². The average Bonchev–Trinajstić information content (AvgIpc) is 2.32. The molecule has 5 heteroatoms. The molecule has 1 N–H and O–H groups in total.